The molecule has 0 amide bonds. The largest absolute Gasteiger partial charge is 0.313 e. The first-order valence-corrected chi connectivity index (χ1v) is 8.02. The maximum Gasteiger partial charge on any atom is 0.213 e. The number of piperidine rings is 1. The molecule has 2 N–H and O–H groups in total. The fourth-order valence-electron chi connectivity index (χ4n) is 2.33. The van der Waals surface area contributed by atoms with Crippen molar-refractivity contribution in [1.29, 1.82) is 0 Å². The van der Waals surface area contributed by atoms with E-state index >= 15 is 0 Å². The van der Waals surface area contributed by atoms with Crippen LogP contribution in [0.25, 0.3) is 0 Å². The van der Waals surface area contributed by atoms with E-state index in [0.717, 1.165) is 19.4 Å². The molecule has 2 fully saturated rings. The molecule has 1 aliphatic heterocycles. The summed E-state index contributed by atoms with van der Waals surface area (Å²) in [6.45, 7) is 1.61. The summed E-state index contributed by atoms with van der Waals surface area (Å²) in [5.41, 5.74) is 0. The summed E-state index contributed by atoms with van der Waals surface area (Å²) in [7, 11) is -3.06. The second kappa shape index (κ2) is 5.47. The lowest BCUT2D eigenvalue weighted by molar-refractivity contribution is 0.316. The van der Waals surface area contributed by atoms with Crippen LogP contribution in [0.15, 0.2) is 0 Å². The lowest BCUT2D eigenvalue weighted by Crippen LogP contribution is -2.43. The van der Waals surface area contributed by atoms with Gasteiger partial charge in [-0.2, -0.15) is 0 Å². The van der Waals surface area contributed by atoms with Crippen molar-refractivity contribution in [2.75, 3.05) is 18.8 Å². The van der Waals surface area contributed by atoms with E-state index < -0.39 is 10.0 Å². The van der Waals surface area contributed by atoms with E-state index in [-0.39, 0.29) is 11.8 Å². The first-order valence-electron chi connectivity index (χ1n) is 6.36. The summed E-state index contributed by atoms with van der Waals surface area (Å²) < 4.78 is 26.3. The van der Waals surface area contributed by atoms with E-state index in [1.165, 1.54) is 25.7 Å². The molecular weight excluding hydrogens is 224 g/mol. The van der Waals surface area contributed by atoms with Crippen LogP contribution in [0.5, 0.6) is 0 Å². The zero-order valence-corrected chi connectivity index (χ0v) is 10.6. The van der Waals surface area contributed by atoms with Crippen LogP contribution >= 0.6 is 0 Å². The topological polar surface area (TPSA) is 58.2 Å². The van der Waals surface area contributed by atoms with Crippen molar-refractivity contribution in [3.8, 4) is 0 Å². The first-order chi connectivity index (χ1) is 7.66. The standard InChI is InChI=1S/C11H22N2O2S/c14-16(15,13-8-10-4-3-5-10)9-11-6-1-2-7-12-11/h10-13H,1-9H2. The lowest BCUT2D eigenvalue weighted by atomic mass is 9.86. The maximum absolute atomic E-state index is 11.8. The van der Waals surface area contributed by atoms with Crippen LogP contribution < -0.4 is 10.0 Å². The average Bonchev–Trinajstić information content (AvgIpc) is 2.15. The Bertz CT molecular complexity index is 306. The lowest BCUT2D eigenvalue weighted by Gasteiger charge is -2.27. The Hall–Kier alpha value is -0.130. The maximum atomic E-state index is 11.8. The molecule has 4 nitrogen and oxygen atoms in total. The van der Waals surface area contributed by atoms with Crippen molar-refractivity contribution in [3.05, 3.63) is 0 Å². The van der Waals surface area contributed by atoms with Gasteiger partial charge >= 0.3 is 0 Å². The molecule has 0 aromatic carbocycles. The van der Waals surface area contributed by atoms with Gasteiger partial charge in [-0.15, -0.1) is 0 Å². The second-order valence-corrected chi connectivity index (χ2v) is 6.93. The summed E-state index contributed by atoms with van der Waals surface area (Å²) in [4.78, 5) is 0. The minimum absolute atomic E-state index is 0.160. The number of hydrogen-bond acceptors (Lipinski definition) is 3. The van der Waals surface area contributed by atoms with Crippen LogP contribution in [0.2, 0.25) is 0 Å². The number of nitrogens with one attached hydrogen (secondary N) is 2. The molecule has 1 unspecified atom stereocenters. The third kappa shape index (κ3) is 3.71. The minimum Gasteiger partial charge on any atom is -0.313 e. The predicted octanol–water partition coefficient (Wildman–Crippen LogP) is 0.848. The molecule has 1 heterocycles. The zero-order valence-electron chi connectivity index (χ0n) is 9.74. The van der Waals surface area contributed by atoms with Crippen molar-refractivity contribution < 1.29 is 8.42 Å². The highest BCUT2D eigenvalue weighted by Gasteiger charge is 2.23. The predicted molar refractivity (Wildman–Crippen MR) is 64.8 cm³/mol. The van der Waals surface area contributed by atoms with E-state index in [9.17, 15) is 8.42 Å². The summed E-state index contributed by atoms with van der Waals surface area (Å²) >= 11 is 0. The Morgan fingerprint density at radius 3 is 2.50 bits per heavy atom. The van der Waals surface area contributed by atoms with Gasteiger partial charge in [-0.1, -0.05) is 12.8 Å². The molecule has 1 saturated carbocycles. The Morgan fingerprint density at radius 1 is 1.12 bits per heavy atom. The molecule has 0 radical (unpaired) electrons. The average molecular weight is 246 g/mol. The van der Waals surface area contributed by atoms with Crippen LogP contribution in [0.1, 0.15) is 38.5 Å². The van der Waals surface area contributed by atoms with Gasteiger partial charge in [0, 0.05) is 12.6 Å². The van der Waals surface area contributed by atoms with Gasteiger partial charge in [-0.25, -0.2) is 13.1 Å². The molecule has 2 aliphatic rings. The van der Waals surface area contributed by atoms with Gasteiger partial charge in [0.1, 0.15) is 0 Å². The molecule has 1 saturated heterocycles. The Kier molecular flexibility index (Phi) is 4.21. The van der Waals surface area contributed by atoms with Crippen molar-refractivity contribution in [1.82, 2.24) is 10.0 Å². The number of sulfonamides is 1. The van der Waals surface area contributed by atoms with Gasteiger partial charge in [-0.3, -0.25) is 0 Å². The second-order valence-electron chi connectivity index (χ2n) is 5.07. The quantitative estimate of drug-likeness (QED) is 0.756. The van der Waals surface area contributed by atoms with E-state index in [1.807, 2.05) is 0 Å². The van der Waals surface area contributed by atoms with Gasteiger partial charge in [-0.05, 0) is 38.1 Å². The molecule has 0 bridgehead atoms. The van der Waals surface area contributed by atoms with E-state index in [0.29, 0.717) is 12.5 Å². The number of rotatable bonds is 5. The molecule has 0 aromatic heterocycles. The molecule has 16 heavy (non-hydrogen) atoms. The highest BCUT2D eigenvalue weighted by atomic mass is 32.2. The molecule has 0 spiro atoms. The molecule has 2 rings (SSSR count). The van der Waals surface area contributed by atoms with Crippen LogP contribution in [-0.4, -0.2) is 33.3 Å². The summed E-state index contributed by atoms with van der Waals surface area (Å²) in [6.07, 6.45) is 6.94. The molecule has 1 atom stereocenters. The molecule has 94 valence electrons. The summed E-state index contributed by atoms with van der Waals surface area (Å²) in [6, 6.07) is 0.160. The fraction of sp³-hybridized carbons (Fsp3) is 1.00. The van der Waals surface area contributed by atoms with Gasteiger partial charge in [0.25, 0.3) is 0 Å². The highest BCUT2D eigenvalue weighted by molar-refractivity contribution is 7.89. The van der Waals surface area contributed by atoms with Crippen LogP contribution in [0.3, 0.4) is 0 Å². The minimum atomic E-state index is -3.06. The molecular formula is C11H22N2O2S. The third-order valence-electron chi connectivity index (χ3n) is 3.65. The SMILES string of the molecule is O=S(=O)(CC1CCCCN1)NCC1CCC1. The van der Waals surface area contributed by atoms with E-state index in [4.69, 9.17) is 0 Å². The Balaban J connectivity index is 1.72. The third-order valence-corrected chi connectivity index (χ3v) is 5.10. The van der Waals surface area contributed by atoms with Crippen LogP contribution in [0, 0.1) is 5.92 Å². The first kappa shape index (κ1) is 12.3. The van der Waals surface area contributed by atoms with Crippen LogP contribution in [-0.2, 0) is 10.0 Å². The van der Waals surface area contributed by atoms with E-state index in [2.05, 4.69) is 10.0 Å². The van der Waals surface area contributed by atoms with Crippen molar-refractivity contribution in [2.45, 2.75) is 44.6 Å². The fourth-order valence-corrected chi connectivity index (χ4v) is 3.75. The van der Waals surface area contributed by atoms with Gasteiger partial charge in [0.05, 0.1) is 5.75 Å². The highest BCUT2D eigenvalue weighted by Crippen LogP contribution is 2.25. The molecule has 5 heteroatoms. The van der Waals surface area contributed by atoms with Crippen molar-refractivity contribution >= 4 is 10.0 Å². The Labute approximate surface area is 98.2 Å². The van der Waals surface area contributed by atoms with Gasteiger partial charge in [0.2, 0.25) is 10.0 Å². The van der Waals surface area contributed by atoms with Crippen molar-refractivity contribution in [2.24, 2.45) is 5.92 Å². The van der Waals surface area contributed by atoms with Gasteiger partial charge < -0.3 is 5.32 Å². The van der Waals surface area contributed by atoms with Crippen LogP contribution in [0.4, 0.5) is 0 Å². The normalized spacial score (nSPS) is 27.6. The summed E-state index contributed by atoms with van der Waals surface area (Å²) in [5, 5.41) is 3.27. The zero-order chi connectivity index (χ0) is 11.4. The van der Waals surface area contributed by atoms with E-state index in [1.54, 1.807) is 0 Å². The smallest absolute Gasteiger partial charge is 0.213 e. The molecule has 1 aliphatic carbocycles. The monoisotopic (exact) mass is 246 g/mol. The Morgan fingerprint density at radius 2 is 1.94 bits per heavy atom. The molecule has 0 aromatic rings. The van der Waals surface area contributed by atoms with Gasteiger partial charge in [0.15, 0.2) is 0 Å². The summed E-state index contributed by atoms with van der Waals surface area (Å²) in [5.74, 6) is 0.841. The number of hydrogen-bond donors (Lipinski definition) is 2. The van der Waals surface area contributed by atoms with Crippen molar-refractivity contribution in [3.63, 3.8) is 0 Å².